The monoisotopic (exact) mass is 288 g/mol. The van der Waals surface area contributed by atoms with Crippen LogP contribution in [-0.2, 0) is 12.8 Å². The third kappa shape index (κ3) is 4.89. The second-order valence-corrected chi connectivity index (χ2v) is 5.45. The maximum atomic E-state index is 3.00. The zero-order chi connectivity index (χ0) is 15.6. The Morgan fingerprint density at radius 1 is 0.773 bits per heavy atom. The summed E-state index contributed by atoms with van der Waals surface area (Å²) in [6.07, 6.45) is 11.2. The van der Waals surface area contributed by atoms with Crippen molar-refractivity contribution in [2.75, 3.05) is 0 Å². The van der Waals surface area contributed by atoms with Crippen molar-refractivity contribution in [3.8, 4) is 0 Å². The Morgan fingerprint density at radius 2 is 1.45 bits per heavy atom. The highest BCUT2D eigenvalue weighted by Gasteiger charge is 2.03. The molecule has 0 fully saturated rings. The minimum Gasteiger partial charge on any atom is -0.106 e. The SMILES string of the molecule is C1=CCCC(Cc2cccc(Cc3ccccc3)c2)=C1.C=C. The summed E-state index contributed by atoms with van der Waals surface area (Å²) in [4.78, 5) is 0. The summed E-state index contributed by atoms with van der Waals surface area (Å²) in [5.41, 5.74) is 5.76. The van der Waals surface area contributed by atoms with Gasteiger partial charge in [-0.15, -0.1) is 13.2 Å². The predicted octanol–water partition coefficient (Wildman–Crippen LogP) is 5.90. The van der Waals surface area contributed by atoms with Crippen LogP contribution in [0.15, 0.2) is 91.6 Å². The second-order valence-electron chi connectivity index (χ2n) is 5.45. The van der Waals surface area contributed by atoms with Gasteiger partial charge in [0.05, 0.1) is 0 Å². The molecule has 112 valence electrons. The smallest absolute Gasteiger partial charge is 0.00257 e. The highest BCUT2D eigenvalue weighted by atomic mass is 14.1. The fourth-order valence-corrected chi connectivity index (χ4v) is 2.74. The number of benzene rings is 2. The van der Waals surface area contributed by atoms with Crippen LogP contribution in [0.4, 0.5) is 0 Å². The topological polar surface area (TPSA) is 0 Å². The summed E-state index contributed by atoms with van der Waals surface area (Å²) in [6, 6.07) is 19.7. The van der Waals surface area contributed by atoms with Gasteiger partial charge < -0.3 is 0 Å². The van der Waals surface area contributed by atoms with Crippen LogP contribution >= 0.6 is 0 Å². The first kappa shape index (κ1) is 16.0. The Hall–Kier alpha value is -2.34. The number of rotatable bonds is 4. The lowest BCUT2D eigenvalue weighted by Crippen LogP contribution is -1.95. The van der Waals surface area contributed by atoms with E-state index in [-0.39, 0.29) is 0 Å². The molecule has 3 rings (SSSR count). The summed E-state index contributed by atoms with van der Waals surface area (Å²) in [6.45, 7) is 6.00. The largest absolute Gasteiger partial charge is 0.106 e. The molecule has 2 aromatic rings. The van der Waals surface area contributed by atoms with Crippen molar-refractivity contribution in [3.63, 3.8) is 0 Å². The molecule has 0 unspecified atom stereocenters. The first-order chi connectivity index (χ1) is 10.9. The van der Waals surface area contributed by atoms with Crippen LogP contribution in [0.2, 0.25) is 0 Å². The Balaban J connectivity index is 0.000000847. The van der Waals surface area contributed by atoms with Crippen LogP contribution < -0.4 is 0 Å². The average Bonchev–Trinajstić information content (AvgIpc) is 2.59. The second kappa shape index (κ2) is 8.84. The molecule has 0 amide bonds. The molecule has 0 N–H and O–H groups in total. The third-order valence-corrected chi connectivity index (χ3v) is 3.77. The molecule has 0 atom stereocenters. The Morgan fingerprint density at radius 3 is 2.14 bits per heavy atom. The molecule has 0 nitrogen and oxygen atoms in total. The first-order valence-corrected chi connectivity index (χ1v) is 7.86. The van der Waals surface area contributed by atoms with Gasteiger partial charge in [0.15, 0.2) is 0 Å². The molecule has 1 aliphatic carbocycles. The molecule has 22 heavy (non-hydrogen) atoms. The molecule has 0 aromatic heterocycles. The number of hydrogen-bond donors (Lipinski definition) is 0. The molecule has 0 spiro atoms. The Bertz CT molecular complexity index is 632. The van der Waals surface area contributed by atoms with Crippen LogP contribution in [0.5, 0.6) is 0 Å². The first-order valence-electron chi connectivity index (χ1n) is 7.86. The van der Waals surface area contributed by atoms with Crippen LogP contribution in [0, 0.1) is 0 Å². The van der Waals surface area contributed by atoms with Crippen LogP contribution in [0.25, 0.3) is 0 Å². The van der Waals surface area contributed by atoms with Gasteiger partial charge in [0.25, 0.3) is 0 Å². The average molecular weight is 288 g/mol. The third-order valence-electron chi connectivity index (χ3n) is 3.77. The minimum absolute atomic E-state index is 1.02. The zero-order valence-electron chi connectivity index (χ0n) is 13.2. The van der Waals surface area contributed by atoms with E-state index >= 15 is 0 Å². The summed E-state index contributed by atoms with van der Waals surface area (Å²) in [5, 5.41) is 0. The van der Waals surface area contributed by atoms with Crippen molar-refractivity contribution in [2.24, 2.45) is 0 Å². The van der Waals surface area contributed by atoms with E-state index in [1.165, 1.54) is 29.5 Å². The van der Waals surface area contributed by atoms with Gasteiger partial charge in [-0.3, -0.25) is 0 Å². The molecule has 0 saturated carbocycles. The van der Waals surface area contributed by atoms with E-state index in [2.05, 4.69) is 86.0 Å². The summed E-state index contributed by atoms with van der Waals surface area (Å²) in [7, 11) is 0. The highest BCUT2D eigenvalue weighted by Crippen LogP contribution is 2.19. The van der Waals surface area contributed by atoms with Crippen molar-refractivity contribution < 1.29 is 0 Å². The van der Waals surface area contributed by atoms with E-state index in [1.54, 1.807) is 5.57 Å². The van der Waals surface area contributed by atoms with E-state index in [1.807, 2.05) is 0 Å². The summed E-state index contributed by atoms with van der Waals surface area (Å²) < 4.78 is 0. The van der Waals surface area contributed by atoms with Crippen molar-refractivity contribution >= 4 is 0 Å². The van der Waals surface area contributed by atoms with Crippen molar-refractivity contribution in [1.82, 2.24) is 0 Å². The van der Waals surface area contributed by atoms with Crippen molar-refractivity contribution in [2.45, 2.75) is 25.7 Å². The van der Waals surface area contributed by atoms with E-state index in [0.29, 0.717) is 0 Å². The van der Waals surface area contributed by atoms with E-state index in [4.69, 9.17) is 0 Å². The quantitative estimate of drug-likeness (QED) is 0.614. The maximum absolute atomic E-state index is 3.00. The molecule has 0 radical (unpaired) electrons. The van der Waals surface area contributed by atoms with Crippen LogP contribution in [-0.4, -0.2) is 0 Å². The van der Waals surface area contributed by atoms with Gasteiger partial charge in [0, 0.05) is 0 Å². The molecule has 0 heteroatoms. The molecule has 1 aliphatic rings. The van der Waals surface area contributed by atoms with Gasteiger partial charge in [0.2, 0.25) is 0 Å². The molecule has 0 bridgehead atoms. The van der Waals surface area contributed by atoms with Gasteiger partial charge in [-0.2, -0.15) is 0 Å². The summed E-state index contributed by atoms with van der Waals surface area (Å²) >= 11 is 0. The van der Waals surface area contributed by atoms with Gasteiger partial charge >= 0.3 is 0 Å². The van der Waals surface area contributed by atoms with E-state index in [0.717, 1.165) is 12.8 Å². The van der Waals surface area contributed by atoms with Crippen LogP contribution in [0.3, 0.4) is 0 Å². The summed E-state index contributed by atoms with van der Waals surface area (Å²) in [5.74, 6) is 0. The number of allylic oxidation sites excluding steroid dienone is 4. The Labute approximate surface area is 134 Å². The fraction of sp³-hybridized carbons (Fsp3) is 0.182. The van der Waals surface area contributed by atoms with Crippen LogP contribution in [0.1, 0.15) is 29.5 Å². The lowest BCUT2D eigenvalue weighted by atomic mass is 9.95. The molecule has 0 heterocycles. The van der Waals surface area contributed by atoms with E-state index < -0.39 is 0 Å². The van der Waals surface area contributed by atoms with E-state index in [9.17, 15) is 0 Å². The predicted molar refractivity (Wildman–Crippen MR) is 97.1 cm³/mol. The maximum Gasteiger partial charge on any atom is -0.00257 e. The molecule has 0 aliphatic heterocycles. The lowest BCUT2D eigenvalue weighted by Gasteiger charge is -2.10. The molecular weight excluding hydrogens is 264 g/mol. The number of hydrogen-bond acceptors (Lipinski definition) is 0. The molecule has 0 saturated heterocycles. The lowest BCUT2D eigenvalue weighted by molar-refractivity contribution is 0.910. The standard InChI is InChI=1S/C20H20.C2H4/c1-3-8-17(9-4-1)14-19-12-7-13-20(16-19)15-18-10-5-2-6-11-18;1-2/h1-5,7-10,12-13,16H,6,11,14-15H2;1-2H2. The highest BCUT2D eigenvalue weighted by molar-refractivity contribution is 5.32. The molecular formula is C22H24. The minimum atomic E-state index is 1.02. The van der Waals surface area contributed by atoms with Gasteiger partial charge in [-0.25, -0.2) is 0 Å². The van der Waals surface area contributed by atoms with Gasteiger partial charge in [-0.05, 0) is 42.4 Å². The van der Waals surface area contributed by atoms with Crippen molar-refractivity contribution in [3.05, 3.63) is 108 Å². The van der Waals surface area contributed by atoms with Crippen molar-refractivity contribution in [1.29, 1.82) is 0 Å². The normalized spacial score (nSPS) is 13.0. The molecule has 2 aromatic carbocycles. The zero-order valence-corrected chi connectivity index (χ0v) is 13.2. The fourth-order valence-electron chi connectivity index (χ4n) is 2.74. The Kier molecular flexibility index (Phi) is 6.44. The van der Waals surface area contributed by atoms with Gasteiger partial charge in [-0.1, -0.05) is 78.4 Å². The van der Waals surface area contributed by atoms with Gasteiger partial charge in [0.1, 0.15) is 0 Å².